The van der Waals surface area contributed by atoms with Crippen molar-refractivity contribution >= 4 is 29.5 Å². The number of benzene rings is 1. The quantitative estimate of drug-likeness (QED) is 0.631. The Balaban J connectivity index is 2.24. The van der Waals surface area contributed by atoms with Crippen LogP contribution in [0.2, 0.25) is 0 Å². The topological polar surface area (TPSA) is 109 Å². The number of imide groups is 1. The van der Waals surface area contributed by atoms with Crippen molar-refractivity contribution in [2.75, 3.05) is 11.5 Å². The summed E-state index contributed by atoms with van der Waals surface area (Å²) >= 11 is 1.24. The third kappa shape index (κ3) is 5.85. The summed E-state index contributed by atoms with van der Waals surface area (Å²) in [5.74, 6) is -1.38. The lowest BCUT2D eigenvalue weighted by molar-refractivity contribution is -0.138. The minimum Gasteiger partial charge on any atom is -0.480 e. The molecule has 1 aromatic rings. The number of aliphatic carboxylic acids is 1. The second-order valence-electron chi connectivity index (χ2n) is 4.03. The summed E-state index contributed by atoms with van der Waals surface area (Å²) in [6, 6.07) is 7.50. The molecule has 0 heterocycles. The summed E-state index contributed by atoms with van der Waals surface area (Å²) in [5, 5.41) is 10.8. The van der Waals surface area contributed by atoms with Crippen molar-refractivity contribution in [3.63, 3.8) is 0 Å². The van der Waals surface area contributed by atoms with Crippen LogP contribution in [0.25, 0.3) is 0 Å². The molecule has 2 amide bonds. The van der Waals surface area contributed by atoms with Crippen molar-refractivity contribution in [1.29, 1.82) is 0 Å². The van der Waals surface area contributed by atoms with Crippen molar-refractivity contribution in [2.24, 2.45) is 5.73 Å². The molecule has 6 nitrogen and oxygen atoms in total. The number of thioether (sulfide) groups is 1. The highest BCUT2D eigenvalue weighted by Gasteiger charge is 2.12. The van der Waals surface area contributed by atoms with E-state index < -0.39 is 23.8 Å². The van der Waals surface area contributed by atoms with Crippen LogP contribution in [0.4, 0.5) is 0 Å². The third-order valence-electron chi connectivity index (χ3n) is 2.41. The first-order chi connectivity index (χ1) is 9.50. The lowest BCUT2D eigenvalue weighted by Crippen LogP contribution is -2.32. The Morgan fingerprint density at radius 1 is 1.25 bits per heavy atom. The molecule has 1 atom stereocenters. The molecule has 0 radical (unpaired) electrons. The van der Waals surface area contributed by atoms with Gasteiger partial charge < -0.3 is 10.8 Å². The number of carbonyl (C=O) groups excluding carboxylic acids is 2. The highest BCUT2D eigenvalue weighted by molar-refractivity contribution is 7.99. The Hall–Kier alpha value is -1.86. The molecule has 4 N–H and O–H groups in total. The number of rotatable bonds is 7. The molecule has 0 fully saturated rings. The molecule has 0 saturated carbocycles. The van der Waals surface area contributed by atoms with Crippen molar-refractivity contribution in [3.05, 3.63) is 35.9 Å². The van der Waals surface area contributed by atoms with Crippen LogP contribution < -0.4 is 11.1 Å². The van der Waals surface area contributed by atoms with E-state index in [2.05, 4.69) is 5.32 Å². The van der Waals surface area contributed by atoms with E-state index in [1.54, 1.807) is 30.3 Å². The summed E-state index contributed by atoms with van der Waals surface area (Å²) in [4.78, 5) is 33.6. The Kier molecular flexibility index (Phi) is 6.75. The second kappa shape index (κ2) is 8.34. The normalized spacial score (nSPS) is 11.7. The summed E-state index contributed by atoms with van der Waals surface area (Å²) in [6.07, 6.45) is 0.278. The van der Waals surface area contributed by atoms with Gasteiger partial charge in [-0.3, -0.25) is 19.7 Å². The largest absolute Gasteiger partial charge is 0.480 e. The third-order valence-corrected chi connectivity index (χ3v) is 3.40. The van der Waals surface area contributed by atoms with E-state index in [4.69, 9.17) is 10.8 Å². The number of nitrogens with one attached hydrogen (secondary N) is 1. The van der Waals surface area contributed by atoms with E-state index in [-0.39, 0.29) is 12.2 Å². The molecule has 1 aromatic carbocycles. The van der Waals surface area contributed by atoms with Gasteiger partial charge in [0.05, 0.1) is 5.75 Å². The summed E-state index contributed by atoms with van der Waals surface area (Å²) in [6.45, 7) is 0. The van der Waals surface area contributed by atoms with Gasteiger partial charge in [0.1, 0.15) is 6.04 Å². The van der Waals surface area contributed by atoms with E-state index in [0.29, 0.717) is 11.3 Å². The van der Waals surface area contributed by atoms with E-state index in [1.807, 2.05) is 0 Å². The number of carbonyl (C=O) groups is 3. The zero-order valence-electron chi connectivity index (χ0n) is 10.7. The van der Waals surface area contributed by atoms with Gasteiger partial charge >= 0.3 is 5.97 Å². The number of nitrogens with two attached hydrogens (primary N) is 1. The second-order valence-corrected chi connectivity index (χ2v) is 5.13. The van der Waals surface area contributed by atoms with Gasteiger partial charge in [0, 0.05) is 5.56 Å². The van der Waals surface area contributed by atoms with Gasteiger partial charge in [0.25, 0.3) is 5.91 Å². The molecular formula is C13H16N2O4S. The fourth-order valence-electron chi connectivity index (χ4n) is 1.32. The molecule has 0 bridgehead atoms. The zero-order chi connectivity index (χ0) is 15.0. The molecule has 108 valence electrons. The maximum Gasteiger partial charge on any atom is 0.320 e. The Morgan fingerprint density at radius 3 is 2.50 bits per heavy atom. The molecule has 1 rings (SSSR count). The van der Waals surface area contributed by atoms with Crippen LogP contribution in [0.1, 0.15) is 16.8 Å². The smallest absolute Gasteiger partial charge is 0.320 e. The van der Waals surface area contributed by atoms with Gasteiger partial charge in [-0.25, -0.2) is 0 Å². The zero-order valence-corrected chi connectivity index (χ0v) is 11.6. The predicted octanol–water partition coefficient (Wildman–Crippen LogP) is 0.478. The summed E-state index contributed by atoms with van der Waals surface area (Å²) in [5.41, 5.74) is 5.74. The average molecular weight is 296 g/mol. The van der Waals surface area contributed by atoms with Crippen molar-refractivity contribution in [1.82, 2.24) is 5.32 Å². The minimum atomic E-state index is -1.06. The lowest BCUT2D eigenvalue weighted by Gasteiger charge is -2.06. The molecular weight excluding hydrogens is 280 g/mol. The Bertz CT molecular complexity index is 479. The number of hydrogen-bond donors (Lipinski definition) is 3. The van der Waals surface area contributed by atoms with Crippen molar-refractivity contribution < 1.29 is 19.5 Å². The van der Waals surface area contributed by atoms with E-state index in [9.17, 15) is 14.4 Å². The van der Waals surface area contributed by atoms with E-state index in [0.717, 1.165) is 0 Å². The number of amides is 2. The molecule has 20 heavy (non-hydrogen) atoms. The van der Waals surface area contributed by atoms with Crippen molar-refractivity contribution in [3.8, 4) is 0 Å². The Labute approximate surface area is 120 Å². The molecule has 0 aliphatic carbocycles. The molecule has 0 spiro atoms. The highest BCUT2D eigenvalue weighted by Crippen LogP contribution is 2.04. The van der Waals surface area contributed by atoms with Crippen LogP contribution in [0.5, 0.6) is 0 Å². The first-order valence-electron chi connectivity index (χ1n) is 5.96. The molecule has 0 aromatic heterocycles. The maximum atomic E-state index is 11.6. The van der Waals surface area contributed by atoms with Gasteiger partial charge in [-0.1, -0.05) is 18.2 Å². The van der Waals surface area contributed by atoms with Crippen molar-refractivity contribution in [2.45, 2.75) is 12.5 Å². The highest BCUT2D eigenvalue weighted by atomic mass is 32.2. The number of hydrogen-bond acceptors (Lipinski definition) is 5. The van der Waals surface area contributed by atoms with Gasteiger partial charge in [-0.2, -0.15) is 11.8 Å². The minimum absolute atomic E-state index is 0.0882. The van der Waals surface area contributed by atoms with Crippen LogP contribution in [0.15, 0.2) is 30.3 Å². The molecule has 7 heteroatoms. The SMILES string of the molecule is NC(CCSCC(=O)NC(=O)c1ccccc1)C(=O)O. The summed E-state index contributed by atoms with van der Waals surface area (Å²) < 4.78 is 0. The van der Waals surface area contributed by atoms with Crippen LogP contribution in [-0.4, -0.2) is 40.4 Å². The van der Waals surface area contributed by atoms with Crippen LogP contribution in [0.3, 0.4) is 0 Å². The number of carboxylic acids is 1. The molecule has 0 saturated heterocycles. The lowest BCUT2D eigenvalue weighted by atomic mass is 10.2. The summed E-state index contributed by atoms with van der Waals surface area (Å²) in [7, 11) is 0. The van der Waals surface area contributed by atoms with E-state index in [1.165, 1.54) is 11.8 Å². The number of carboxylic acid groups (broad SMARTS) is 1. The first kappa shape index (κ1) is 16.2. The average Bonchev–Trinajstić information content (AvgIpc) is 2.44. The van der Waals surface area contributed by atoms with Crippen LogP contribution in [0, 0.1) is 0 Å². The first-order valence-corrected chi connectivity index (χ1v) is 7.11. The Morgan fingerprint density at radius 2 is 1.90 bits per heavy atom. The fraction of sp³-hybridized carbons (Fsp3) is 0.308. The van der Waals surface area contributed by atoms with Gasteiger partial charge in [0.15, 0.2) is 0 Å². The molecule has 1 unspecified atom stereocenters. The van der Waals surface area contributed by atoms with Gasteiger partial charge in [0.2, 0.25) is 5.91 Å². The van der Waals surface area contributed by atoms with E-state index >= 15 is 0 Å². The standard InChI is InChI=1S/C13H16N2O4S/c14-10(13(18)19)6-7-20-8-11(16)15-12(17)9-4-2-1-3-5-9/h1-5,10H,6-8,14H2,(H,18,19)(H,15,16,17). The van der Waals surface area contributed by atoms with Gasteiger partial charge in [-0.15, -0.1) is 0 Å². The van der Waals surface area contributed by atoms with Crippen LogP contribution in [-0.2, 0) is 9.59 Å². The van der Waals surface area contributed by atoms with Crippen LogP contribution >= 0.6 is 11.8 Å². The molecule has 0 aliphatic rings. The fourth-order valence-corrected chi connectivity index (χ4v) is 2.15. The monoisotopic (exact) mass is 296 g/mol. The molecule has 0 aliphatic heterocycles. The predicted molar refractivity (Wildman–Crippen MR) is 76.5 cm³/mol. The maximum absolute atomic E-state index is 11.6. The van der Waals surface area contributed by atoms with Gasteiger partial charge in [-0.05, 0) is 24.3 Å².